The molecule has 0 aromatic carbocycles. The topological polar surface area (TPSA) is 143 Å². The summed E-state index contributed by atoms with van der Waals surface area (Å²) in [5, 5.41) is 26.6. The van der Waals surface area contributed by atoms with Crippen LogP contribution in [-0.2, 0) is 19.6 Å². The zero-order chi connectivity index (χ0) is 17.7. The third-order valence-electron chi connectivity index (χ3n) is 4.06. The summed E-state index contributed by atoms with van der Waals surface area (Å²) in [6.45, 7) is 1.45. The van der Waals surface area contributed by atoms with Crippen LogP contribution in [0.1, 0.15) is 32.6 Å². The second-order valence-corrected chi connectivity index (χ2v) is 10.9. The maximum atomic E-state index is 12.4. The van der Waals surface area contributed by atoms with Gasteiger partial charge in [0, 0.05) is 15.5 Å². The highest BCUT2D eigenvalue weighted by Gasteiger charge is 2.36. The monoisotopic (exact) mass is 361 g/mol. The second kappa shape index (κ2) is 8.09. The lowest BCUT2D eigenvalue weighted by molar-refractivity contribution is 0.219. The van der Waals surface area contributed by atoms with Gasteiger partial charge in [0.05, 0.1) is 46.8 Å². The van der Waals surface area contributed by atoms with Crippen molar-refractivity contribution < 1.29 is 17.7 Å². The van der Waals surface area contributed by atoms with Gasteiger partial charge >= 0.3 is 0 Å². The van der Waals surface area contributed by atoms with E-state index in [2.05, 4.69) is 6.07 Å². The zero-order valence-corrected chi connectivity index (χ0v) is 14.8. The molecule has 9 heteroatoms. The molecular weight excluding hydrogens is 338 g/mol. The Balaban J connectivity index is 2.61. The minimum atomic E-state index is -3.44. The van der Waals surface area contributed by atoms with Crippen molar-refractivity contribution in [3.63, 3.8) is 0 Å². The molecule has 1 fully saturated rings. The Morgan fingerprint density at radius 2 is 1.78 bits per heavy atom. The molecule has 0 amide bonds. The van der Waals surface area contributed by atoms with E-state index < -0.39 is 42.8 Å². The lowest BCUT2D eigenvalue weighted by Gasteiger charge is -2.28. The highest BCUT2D eigenvalue weighted by atomic mass is 32.2. The maximum absolute atomic E-state index is 12.4. The van der Waals surface area contributed by atoms with E-state index in [1.54, 1.807) is 0 Å². The molecule has 0 heterocycles. The number of hydrogen-bond acceptors (Lipinski definition) is 7. The van der Waals surface area contributed by atoms with Gasteiger partial charge in [-0.25, -0.2) is 12.6 Å². The van der Waals surface area contributed by atoms with E-state index in [1.165, 1.54) is 6.92 Å². The number of hydrogen-bond donors (Lipinski definition) is 2. The van der Waals surface area contributed by atoms with Crippen molar-refractivity contribution in [2.24, 2.45) is 11.8 Å². The van der Waals surface area contributed by atoms with Crippen LogP contribution in [0.15, 0.2) is 0 Å². The minimum Gasteiger partial charge on any atom is -0.392 e. The van der Waals surface area contributed by atoms with Gasteiger partial charge in [-0.2, -0.15) is 10.5 Å². The average Bonchev–Trinajstić information content (AvgIpc) is 2.44. The van der Waals surface area contributed by atoms with E-state index in [0.29, 0.717) is 12.8 Å². The summed E-state index contributed by atoms with van der Waals surface area (Å²) < 4.78 is 44.2. The SMILES string of the molecule is CC(O)CS(=N)(=O)CCCS(=O)(=O)C1CCC(C#N)C(C#N)C1. The Morgan fingerprint density at radius 3 is 2.30 bits per heavy atom. The third kappa shape index (κ3) is 6.09. The van der Waals surface area contributed by atoms with Crippen LogP contribution < -0.4 is 0 Å². The zero-order valence-electron chi connectivity index (χ0n) is 13.1. The predicted octanol–water partition coefficient (Wildman–Crippen LogP) is 1.05. The molecule has 130 valence electrons. The standard InChI is InChI=1S/C14H23N3O4S2/c1-11(18)10-22(17,19)5-2-6-23(20,21)14-4-3-12(8-15)13(7-14)9-16/h11-14,17-18H,2-7,10H2,1H3. The Bertz CT molecular complexity index is 687. The van der Waals surface area contributed by atoms with Crippen molar-refractivity contribution in [1.82, 2.24) is 0 Å². The molecule has 0 saturated heterocycles. The Morgan fingerprint density at radius 1 is 1.17 bits per heavy atom. The quantitative estimate of drug-likeness (QED) is 0.693. The molecule has 1 rings (SSSR count). The smallest absolute Gasteiger partial charge is 0.153 e. The van der Waals surface area contributed by atoms with Crippen LogP contribution in [0, 0.1) is 39.3 Å². The van der Waals surface area contributed by atoms with Crippen LogP contribution in [-0.4, -0.2) is 46.3 Å². The summed E-state index contributed by atoms with van der Waals surface area (Å²) in [4.78, 5) is 0. The molecule has 0 bridgehead atoms. The van der Waals surface area contributed by atoms with Gasteiger partial charge in [0.25, 0.3) is 0 Å². The Kier molecular flexibility index (Phi) is 7.00. The number of aliphatic hydroxyl groups is 1. The van der Waals surface area contributed by atoms with Gasteiger partial charge in [0.2, 0.25) is 0 Å². The van der Waals surface area contributed by atoms with Crippen molar-refractivity contribution >= 4 is 19.6 Å². The second-order valence-electron chi connectivity index (χ2n) is 6.16. The highest BCUT2D eigenvalue weighted by molar-refractivity contribution is 7.93. The molecule has 0 aromatic heterocycles. The Labute approximate surface area is 138 Å². The summed E-state index contributed by atoms with van der Waals surface area (Å²) in [7, 11) is -6.41. The summed E-state index contributed by atoms with van der Waals surface area (Å²) in [5.74, 6) is -1.38. The van der Waals surface area contributed by atoms with Gasteiger partial charge in [-0.1, -0.05) is 0 Å². The van der Waals surface area contributed by atoms with Gasteiger partial charge in [0.1, 0.15) is 0 Å². The molecule has 2 N–H and O–H groups in total. The van der Waals surface area contributed by atoms with Crippen LogP contribution in [0.5, 0.6) is 0 Å². The molecule has 1 aliphatic carbocycles. The number of sulfone groups is 1. The van der Waals surface area contributed by atoms with Crippen LogP contribution in [0.2, 0.25) is 0 Å². The summed E-state index contributed by atoms with van der Waals surface area (Å²) in [6.07, 6.45) is 0.181. The van der Waals surface area contributed by atoms with Crippen molar-refractivity contribution in [3.8, 4) is 12.1 Å². The maximum Gasteiger partial charge on any atom is 0.153 e. The number of nitriles is 2. The molecule has 7 nitrogen and oxygen atoms in total. The fourth-order valence-electron chi connectivity index (χ4n) is 2.89. The summed E-state index contributed by atoms with van der Waals surface area (Å²) >= 11 is 0. The normalized spacial score (nSPS) is 29.0. The summed E-state index contributed by atoms with van der Waals surface area (Å²) in [5.41, 5.74) is 0. The van der Waals surface area contributed by atoms with Crippen molar-refractivity contribution in [2.45, 2.75) is 44.0 Å². The van der Waals surface area contributed by atoms with Crippen molar-refractivity contribution in [1.29, 1.82) is 15.3 Å². The van der Waals surface area contributed by atoms with E-state index in [1.807, 2.05) is 6.07 Å². The van der Waals surface area contributed by atoms with E-state index >= 15 is 0 Å². The van der Waals surface area contributed by atoms with E-state index in [9.17, 15) is 17.7 Å². The van der Waals surface area contributed by atoms with Gasteiger partial charge in [-0.3, -0.25) is 4.78 Å². The lowest BCUT2D eigenvalue weighted by Crippen LogP contribution is -2.34. The van der Waals surface area contributed by atoms with E-state index in [4.69, 9.17) is 15.3 Å². The Hall–Kier alpha value is -1.16. The first-order chi connectivity index (χ1) is 10.6. The van der Waals surface area contributed by atoms with Gasteiger partial charge in [-0.05, 0) is 32.6 Å². The molecule has 5 atom stereocenters. The van der Waals surface area contributed by atoms with Gasteiger partial charge in [-0.15, -0.1) is 0 Å². The first-order valence-electron chi connectivity index (χ1n) is 7.54. The molecule has 0 aliphatic heterocycles. The number of rotatable bonds is 7. The molecule has 0 aromatic rings. The minimum absolute atomic E-state index is 0.0631. The van der Waals surface area contributed by atoms with Gasteiger partial charge in [0.15, 0.2) is 9.84 Å². The molecule has 0 spiro atoms. The van der Waals surface area contributed by atoms with E-state index in [0.717, 1.165) is 0 Å². The fourth-order valence-corrected chi connectivity index (χ4v) is 6.50. The van der Waals surface area contributed by atoms with Crippen LogP contribution in [0.25, 0.3) is 0 Å². The third-order valence-corrected chi connectivity index (χ3v) is 8.33. The van der Waals surface area contributed by atoms with E-state index in [-0.39, 0.29) is 30.1 Å². The lowest BCUT2D eigenvalue weighted by atomic mass is 9.81. The van der Waals surface area contributed by atoms with Crippen LogP contribution in [0.3, 0.4) is 0 Å². The predicted molar refractivity (Wildman–Crippen MR) is 86.5 cm³/mol. The molecule has 23 heavy (non-hydrogen) atoms. The first kappa shape index (κ1) is 19.9. The molecule has 1 saturated carbocycles. The van der Waals surface area contributed by atoms with Gasteiger partial charge < -0.3 is 5.11 Å². The molecule has 1 aliphatic rings. The number of nitrogens with zero attached hydrogens (tertiary/aromatic N) is 2. The summed E-state index contributed by atoms with van der Waals surface area (Å²) in [6, 6.07) is 4.07. The van der Waals surface area contributed by atoms with Crippen molar-refractivity contribution in [2.75, 3.05) is 17.3 Å². The molecular formula is C14H23N3O4S2. The molecule has 0 radical (unpaired) electrons. The number of aliphatic hydroxyl groups excluding tert-OH is 1. The first-order valence-corrected chi connectivity index (χ1v) is 11.2. The van der Waals surface area contributed by atoms with Crippen LogP contribution >= 0.6 is 0 Å². The fraction of sp³-hybridized carbons (Fsp3) is 0.857. The average molecular weight is 361 g/mol. The highest BCUT2D eigenvalue weighted by Crippen LogP contribution is 2.33. The number of nitrogens with one attached hydrogen (secondary N) is 1. The van der Waals surface area contributed by atoms with Crippen molar-refractivity contribution in [3.05, 3.63) is 0 Å². The van der Waals surface area contributed by atoms with Crippen LogP contribution in [0.4, 0.5) is 0 Å². The largest absolute Gasteiger partial charge is 0.392 e. The molecule has 5 unspecified atom stereocenters.